The lowest BCUT2D eigenvalue weighted by Crippen LogP contribution is -2.27. The van der Waals surface area contributed by atoms with E-state index in [0.717, 1.165) is 24.7 Å². The van der Waals surface area contributed by atoms with Gasteiger partial charge in [-0.1, -0.05) is 0 Å². The van der Waals surface area contributed by atoms with Crippen LogP contribution >= 0.6 is 0 Å². The highest BCUT2D eigenvalue weighted by molar-refractivity contribution is 5.22. The summed E-state index contributed by atoms with van der Waals surface area (Å²) < 4.78 is 26.4. The first-order valence-electron chi connectivity index (χ1n) is 5.50. The lowest BCUT2D eigenvalue weighted by Gasteiger charge is -2.17. The maximum absolute atomic E-state index is 13.4. The third-order valence-corrected chi connectivity index (χ3v) is 2.87. The van der Waals surface area contributed by atoms with Crippen molar-refractivity contribution in [2.75, 3.05) is 13.2 Å². The highest BCUT2D eigenvalue weighted by atomic mass is 19.1. The molecule has 0 bridgehead atoms. The zero-order valence-electron chi connectivity index (χ0n) is 8.92. The van der Waals surface area contributed by atoms with Crippen molar-refractivity contribution in [3.05, 3.63) is 35.4 Å². The third kappa shape index (κ3) is 2.77. The maximum Gasteiger partial charge on any atom is 0.128 e. The molecule has 0 aliphatic heterocycles. The SMILES string of the molecule is OCC(NCC1CC1)c1cc(F)ccc1F. The first-order valence-corrected chi connectivity index (χ1v) is 5.50. The molecule has 2 N–H and O–H groups in total. The Labute approximate surface area is 93.3 Å². The summed E-state index contributed by atoms with van der Waals surface area (Å²) in [5.41, 5.74) is 0.197. The van der Waals surface area contributed by atoms with Crippen LogP contribution in [0.1, 0.15) is 24.4 Å². The van der Waals surface area contributed by atoms with Crippen molar-refractivity contribution in [1.29, 1.82) is 0 Å². The minimum atomic E-state index is -0.517. The first-order chi connectivity index (χ1) is 7.70. The summed E-state index contributed by atoms with van der Waals surface area (Å²) in [7, 11) is 0. The minimum absolute atomic E-state index is 0.197. The molecule has 2 rings (SSSR count). The minimum Gasteiger partial charge on any atom is -0.394 e. The fourth-order valence-electron chi connectivity index (χ4n) is 1.69. The van der Waals surface area contributed by atoms with Gasteiger partial charge in [0.1, 0.15) is 11.6 Å². The molecule has 1 unspecified atom stereocenters. The summed E-state index contributed by atoms with van der Waals surface area (Å²) in [5.74, 6) is -0.336. The van der Waals surface area contributed by atoms with Gasteiger partial charge in [0.05, 0.1) is 12.6 Å². The molecule has 16 heavy (non-hydrogen) atoms. The lowest BCUT2D eigenvalue weighted by molar-refractivity contribution is 0.240. The van der Waals surface area contributed by atoms with Crippen LogP contribution in [0.2, 0.25) is 0 Å². The molecule has 1 aromatic carbocycles. The van der Waals surface area contributed by atoms with E-state index < -0.39 is 17.7 Å². The van der Waals surface area contributed by atoms with E-state index in [-0.39, 0.29) is 12.2 Å². The largest absolute Gasteiger partial charge is 0.394 e. The number of hydrogen-bond donors (Lipinski definition) is 2. The van der Waals surface area contributed by atoms with Crippen LogP contribution in [0, 0.1) is 17.6 Å². The van der Waals surface area contributed by atoms with E-state index in [2.05, 4.69) is 5.32 Å². The number of aliphatic hydroxyl groups excluding tert-OH is 1. The van der Waals surface area contributed by atoms with E-state index in [4.69, 9.17) is 0 Å². The molecule has 0 radical (unpaired) electrons. The van der Waals surface area contributed by atoms with Gasteiger partial charge in [0.25, 0.3) is 0 Å². The number of nitrogens with one attached hydrogen (secondary N) is 1. The zero-order chi connectivity index (χ0) is 11.5. The Morgan fingerprint density at radius 1 is 1.38 bits per heavy atom. The van der Waals surface area contributed by atoms with Crippen molar-refractivity contribution in [2.24, 2.45) is 5.92 Å². The number of hydrogen-bond acceptors (Lipinski definition) is 2. The molecule has 1 aliphatic rings. The summed E-state index contributed by atoms with van der Waals surface area (Å²) in [4.78, 5) is 0. The Hall–Kier alpha value is -1.00. The second-order valence-electron chi connectivity index (χ2n) is 4.25. The highest BCUT2D eigenvalue weighted by Gasteiger charge is 2.23. The molecule has 1 aromatic rings. The monoisotopic (exact) mass is 227 g/mol. The molecule has 88 valence electrons. The molecule has 0 amide bonds. The number of rotatable bonds is 5. The van der Waals surface area contributed by atoms with Gasteiger partial charge in [-0.05, 0) is 43.5 Å². The van der Waals surface area contributed by atoms with Gasteiger partial charge in [-0.2, -0.15) is 0 Å². The molecule has 1 saturated carbocycles. The molecule has 1 aliphatic carbocycles. The van der Waals surface area contributed by atoms with Crippen LogP contribution < -0.4 is 5.32 Å². The Balaban J connectivity index is 2.07. The van der Waals surface area contributed by atoms with Crippen LogP contribution in [0.3, 0.4) is 0 Å². The van der Waals surface area contributed by atoms with Crippen LogP contribution in [0.15, 0.2) is 18.2 Å². The maximum atomic E-state index is 13.4. The van der Waals surface area contributed by atoms with Crippen LogP contribution in [0.25, 0.3) is 0 Å². The van der Waals surface area contributed by atoms with Crippen molar-refractivity contribution in [2.45, 2.75) is 18.9 Å². The zero-order valence-corrected chi connectivity index (χ0v) is 8.92. The third-order valence-electron chi connectivity index (χ3n) is 2.87. The Bertz CT molecular complexity index is 366. The standard InChI is InChI=1S/C12H15F2NO/c13-9-3-4-11(14)10(5-9)12(7-16)15-6-8-1-2-8/h3-5,8,12,15-16H,1-2,6-7H2. The molecule has 1 atom stereocenters. The van der Waals surface area contributed by atoms with Crippen LogP contribution in [-0.4, -0.2) is 18.3 Å². The molecule has 0 heterocycles. The van der Waals surface area contributed by atoms with Crippen LogP contribution in [-0.2, 0) is 0 Å². The Morgan fingerprint density at radius 2 is 2.12 bits per heavy atom. The van der Waals surface area contributed by atoms with Crippen molar-refractivity contribution in [3.8, 4) is 0 Å². The van der Waals surface area contributed by atoms with Crippen molar-refractivity contribution in [3.63, 3.8) is 0 Å². The summed E-state index contributed by atoms with van der Waals surface area (Å²) in [5, 5.41) is 12.2. The second kappa shape index (κ2) is 4.89. The molecule has 4 heteroatoms. The average Bonchev–Trinajstić information content (AvgIpc) is 3.07. The van der Waals surface area contributed by atoms with Crippen molar-refractivity contribution >= 4 is 0 Å². The van der Waals surface area contributed by atoms with E-state index in [1.54, 1.807) is 0 Å². The van der Waals surface area contributed by atoms with Gasteiger partial charge in [-0.3, -0.25) is 0 Å². The van der Waals surface area contributed by atoms with Gasteiger partial charge in [-0.25, -0.2) is 8.78 Å². The molecule has 2 nitrogen and oxygen atoms in total. The number of benzene rings is 1. The van der Waals surface area contributed by atoms with Crippen molar-refractivity contribution < 1.29 is 13.9 Å². The number of aliphatic hydroxyl groups is 1. The fraction of sp³-hybridized carbons (Fsp3) is 0.500. The first kappa shape index (κ1) is 11.5. The molecule has 0 aromatic heterocycles. The van der Waals surface area contributed by atoms with E-state index in [1.165, 1.54) is 12.8 Å². The fourth-order valence-corrected chi connectivity index (χ4v) is 1.69. The number of halogens is 2. The van der Waals surface area contributed by atoms with Crippen LogP contribution in [0.5, 0.6) is 0 Å². The smallest absolute Gasteiger partial charge is 0.128 e. The van der Waals surface area contributed by atoms with Gasteiger partial charge in [0, 0.05) is 5.56 Å². The van der Waals surface area contributed by atoms with Crippen LogP contribution in [0.4, 0.5) is 8.78 Å². The Kier molecular flexibility index (Phi) is 3.51. The summed E-state index contributed by atoms with van der Waals surface area (Å²) in [6.45, 7) is 0.522. The molecule has 0 spiro atoms. The molecular formula is C12H15F2NO. The van der Waals surface area contributed by atoms with E-state index in [9.17, 15) is 13.9 Å². The quantitative estimate of drug-likeness (QED) is 0.806. The average molecular weight is 227 g/mol. The predicted octanol–water partition coefficient (Wildman–Crippen LogP) is 2.00. The lowest BCUT2D eigenvalue weighted by atomic mass is 10.1. The molecular weight excluding hydrogens is 212 g/mol. The topological polar surface area (TPSA) is 32.3 Å². The summed E-state index contributed by atoms with van der Waals surface area (Å²) in [6, 6.07) is 2.78. The second-order valence-corrected chi connectivity index (χ2v) is 4.25. The Morgan fingerprint density at radius 3 is 2.75 bits per heavy atom. The van der Waals surface area contributed by atoms with Gasteiger partial charge in [0.15, 0.2) is 0 Å². The van der Waals surface area contributed by atoms with E-state index in [0.29, 0.717) is 5.92 Å². The van der Waals surface area contributed by atoms with Gasteiger partial charge >= 0.3 is 0 Å². The van der Waals surface area contributed by atoms with Gasteiger partial charge < -0.3 is 10.4 Å². The summed E-state index contributed by atoms with van der Waals surface area (Å²) >= 11 is 0. The highest BCUT2D eigenvalue weighted by Crippen LogP contribution is 2.29. The van der Waals surface area contributed by atoms with Crippen molar-refractivity contribution in [1.82, 2.24) is 5.32 Å². The van der Waals surface area contributed by atoms with E-state index in [1.807, 2.05) is 0 Å². The predicted molar refractivity (Wildman–Crippen MR) is 56.9 cm³/mol. The van der Waals surface area contributed by atoms with Gasteiger partial charge in [0.2, 0.25) is 0 Å². The van der Waals surface area contributed by atoms with Gasteiger partial charge in [-0.15, -0.1) is 0 Å². The molecule has 1 fully saturated rings. The summed E-state index contributed by atoms with van der Waals surface area (Å²) in [6.07, 6.45) is 2.35. The van der Waals surface area contributed by atoms with E-state index >= 15 is 0 Å². The normalized spacial score (nSPS) is 17.4. The molecule has 0 saturated heterocycles.